The topological polar surface area (TPSA) is 75.4 Å². The number of anilines is 2. The molecule has 1 heterocycles. The van der Waals surface area contributed by atoms with Gasteiger partial charge in [0, 0.05) is 0 Å². The van der Waals surface area contributed by atoms with Gasteiger partial charge in [0.1, 0.15) is 12.6 Å². The molecule has 0 radical (unpaired) electrons. The molecule has 0 spiro atoms. The van der Waals surface area contributed by atoms with Crippen molar-refractivity contribution in [1.29, 1.82) is 0 Å². The van der Waals surface area contributed by atoms with Gasteiger partial charge >= 0.3 is 0 Å². The van der Waals surface area contributed by atoms with E-state index in [9.17, 15) is 9.59 Å². The van der Waals surface area contributed by atoms with Gasteiger partial charge < -0.3 is 11.1 Å². The Bertz CT molecular complexity index is 548. The maximum atomic E-state index is 12.2. The first kappa shape index (κ1) is 14.0. The molecule has 2 amide bonds. The summed E-state index contributed by atoms with van der Waals surface area (Å²) in [5.41, 5.74) is 6.37. The second-order valence-corrected chi connectivity index (χ2v) is 5.09. The summed E-state index contributed by atoms with van der Waals surface area (Å²) in [4.78, 5) is 24.7. The lowest BCUT2D eigenvalue weighted by Crippen LogP contribution is -2.49. The smallest absolute Gasteiger partial charge is 0.250 e. The van der Waals surface area contributed by atoms with E-state index in [0.717, 1.165) is 0 Å². The largest absolute Gasteiger partial charge is 0.372 e. The standard InChI is InChI=1S/C12H13Cl2N3O2/c1-2-8-12(19)17(5-11(15)18)10-4-7(14)6(13)3-9(10)16-8/h3-4,8,16H,2,5H2,1H3,(H2,15,18). The summed E-state index contributed by atoms with van der Waals surface area (Å²) >= 11 is 11.9. The predicted molar refractivity (Wildman–Crippen MR) is 75.7 cm³/mol. The minimum Gasteiger partial charge on any atom is -0.372 e. The second-order valence-electron chi connectivity index (χ2n) is 4.28. The highest BCUT2D eigenvalue weighted by Crippen LogP contribution is 2.38. The maximum absolute atomic E-state index is 12.2. The number of nitrogens with one attached hydrogen (secondary N) is 1. The monoisotopic (exact) mass is 301 g/mol. The molecule has 5 nitrogen and oxygen atoms in total. The first-order valence-corrected chi connectivity index (χ1v) is 6.55. The minimum absolute atomic E-state index is 0.179. The van der Waals surface area contributed by atoms with Crippen molar-refractivity contribution < 1.29 is 9.59 Å². The molecule has 7 heteroatoms. The number of rotatable bonds is 3. The number of fused-ring (bicyclic) bond motifs is 1. The average molecular weight is 302 g/mol. The number of carbonyl (C=O) groups excluding carboxylic acids is 2. The minimum atomic E-state index is -0.581. The number of hydrogen-bond donors (Lipinski definition) is 2. The number of nitrogens with two attached hydrogens (primary N) is 1. The number of amides is 2. The Morgan fingerprint density at radius 2 is 2.05 bits per heavy atom. The third kappa shape index (κ3) is 2.62. The van der Waals surface area contributed by atoms with Crippen molar-refractivity contribution in [2.45, 2.75) is 19.4 Å². The molecule has 0 saturated carbocycles. The third-order valence-corrected chi connectivity index (χ3v) is 3.67. The molecule has 19 heavy (non-hydrogen) atoms. The van der Waals surface area contributed by atoms with Gasteiger partial charge in [0.2, 0.25) is 11.8 Å². The first-order valence-electron chi connectivity index (χ1n) is 5.79. The van der Waals surface area contributed by atoms with Crippen molar-refractivity contribution in [3.05, 3.63) is 22.2 Å². The lowest BCUT2D eigenvalue weighted by molar-refractivity contribution is -0.123. The number of hydrogen-bond acceptors (Lipinski definition) is 3. The quantitative estimate of drug-likeness (QED) is 0.897. The van der Waals surface area contributed by atoms with E-state index in [1.54, 1.807) is 12.1 Å². The van der Waals surface area contributed by atoms with Gasteiger partial charge in [-0.05, 0) is 18.6 Å². The Morgan fingerprint density at radius 1 is 1.42 bits per heavy atom. The van der Waals surface area contributed by atoms with Crippen molar-refractivity contribution in [1.82, 2.24) is 0 Å². The number of primary amides is 1. The van der Waals surface area contributed by atoms with Crippen LogP contribution >= 0.6 is 23.2 Å². The third-order valence-electron chi connectivity index (χ3n) is 2.95. The van der Waals surface area contributed by atoms with Gasteiger partial charge in [-0.15, -0.1) is 0 Å². The SMILES string of the molecule is CCC1Nc2cc(Cl)c(Cl)cc2N(CC(N)=O)C1=O. The highest BCUT2D eigenvalue weighted by molar-refractivity contribution is 6.42. The van der Waals surface area contributed by atoms with E-state index >= 15 is 0 Å². The normalized spacial score (nSPS) is 17.9. The zero-order valence-corrected chi connectivity index (χ0v) is 11.8. The predicted octanol–water partition coefficient (Wildman–Crippen LogP) is 2.02. The van der Waals surface area contributed by atoms with Crippen LogP contribution in [-0.2, 0) is 9.59 Å². The van der Waals surface area contributed by atoms with Crippen LogP contribution < -0.4 is 16.0 Å². The summed E-state index contributed by atoms with van der Waals surface area (Å²) < 4.78 is 0. The van der Waals surface area contributed by atoms with Crippen molar-refractivity contribution in [3.63, 3.8) is 0 Å². The van der Waals surface area contributed by atoms with E-state index < -0.39 is 11.9 Å². The molecule has 1 aliphatic rings. The van der Waals surface area contributed by atoms with E-state index in [2.05, 4.69) is 5.32 Å². The molecule has 1 aromatic carbocycles. The van der Waals surface area contributed by atoms with Crippen molar-refractivity contribution in [3.8, 4) is 0 Å². The van der Waals surface area contributed by atoms with Crippen LogP contribution in [0.2, 0.25) is 10.0 Å². The molecular formula is C12H13Cl2N3O2. The van der Waals surface area contributed by atoms with Gasteiger partial charge in [0.15, 0.2) is 0 Å². The summed E-state index contributed by atoms with van der Waals surface area (Å²) in [5, 5.41) is 3.79. The molecule has 2 rings (SSSR count). The molecule has 0 aliphatic carbocycles. The Morgan fingerprint density at radius 3 is 2.63 bits per heavy atom. The molecule has 0 bridgehead atoms. The molecule has 1 aliphatic heterocycles. The number of halogens is 2. The Balaban J connectivity index is 2.50. The van der Waals surface area contributed by atoms with Gasteiger partial charge in [0.05, 0.1) is 21.4 Å². The molecule has 1 unspecified atom stereocenters. The number of benzene rings is 1. The molecule has 1 aromatic rings. The second kappa shape index (κ2) is 5.27. The van der Waals surface area contributed by atoms with Crippen molar-refractivity contribution in [2.75, 3.05) is 16.8 Å². The van der Waals surface area contributed by atoms with E-state index in [0.29, 0.717) is 27.8 Å². The van der Waals surface area contributed by atoms with E-state index in [-0.39, 0.29) is 12.5 Å². The lowest BCUT2D eigenvalue weighted by Gasteiger charge is -2.34. The van der Waals surface area contributed by atoms with Crippen LogP contribution in [0.25, 0.3) is 0 Å². The van der Waals surface area contributed by atoms with Crippen LogP contribution in [-0.4, -0.2) is 24.4 Å². The fourth-order valence-corrected chi connectivity index (χ4v) is 2.35. The van der Waals surface area contributed by atoms with Gasteiger partial charge in [0.25, 0.3) is 0 Å². The van der Waals surface area contributed by atoms with Gasteiger partial charge in [-0.25, -0.2) is 0 Å². The van der Waals surface area contributed by atoms with Crippen LogP contribution in [0, 0.1) is 0 Å². The van der Waals surface area contributed by atoms with Crippen molar-refractivity contribution in [2.24, 2.45) is 5.73 Å². The zero-order valence-electron chi connectivity index (χ0n) is 10.2. The molecule has 3 N–H and O–H groups in total. The van der Waals surface area contributed by atoms with E-state index in [4.69, 9.17) is 28.9 Å². The number of carbonyl (C=O) groups is 2. The fourth-order valence-electron chi connectivity index (χ4n) is 2.03. The van der Waals surface area contributed by atoms with Crippen LogP contribution in [0.3, 0.4) is 0 Å². The molecule has 0 aromatic heterocycles. The van der Waals surface area contributed by atoms with Gasteiger partial charge in [-0.3, -0.25) is 14.5 Å². The average Bonchev–Trinajstić information content (AvgIpc) is 2.34. The first-order chi connectivity index (χ1) is 8.93. The van der Waals surface area contributed by atoms with Crippen LogP contribution in [0.15, 0.2) is 12.1 Å². The van der Waals surface area contributed by atoms with Crippen molar-refractivity contribution >= 4 is 46.4 Å². The summed E-state index contributed by atoms with van der Waals surface area (Å²) in [6.07, 6.45) is 0.591. The zero-order chi connectivity index (χ0) is 14.2. The molecule has 0 saturated heterocycles. The Labute approximate surface area is 120 Å². The van der Waals surface area contributed by atoms with Crippen LogP contribution in [0.5, 0.6) is 0 Å². The fraction of sp³-hybridized carbons (Fsp3) is 0.333. The van der Waals surface area contributed by atoms with Crippen LogP contribution in [0.1, 0.15) is 13.3 Å². The Hall–Kier alpha value is -1.46. The highest BCUT2D eigenvalue weighted by atomic mass is 35.5. The summed E-state index contributed by atoms with van der Waals surface area (Å²) in [7, 11) is 0. The summed E-state index contributed by atoms with van der Waals surface area (Å²) in [6, 6.07) is 2.80. The Kier molecular flexibility index (Phi) is 3.87. The van der Waals surface area contributed by atoms with E-state index in [1.807, 2.05) is 6.92 Å². The summed E-state index contributed by atoms with van der Waals surface area (Å²) in [5.74, 6) is -0.783. The summed E-state index contributed by atoms with van der Waals surface area (Å²) in [6.45, 7) is 1.70. The molecule has 102 valence electrons. The molecule has 1 atom stereocenters. The van der Waals surface area contributed by atoms with Gasteiger partial charge in [-0.2, -0.15) is 0 Å². The molecule has 0 fully saturated rings. The maximum Gasteiger partial charge on any atom is 0.250 e. The van der Waals surface area contributed by atoms with Gasteiger partial charge in [-0.1, -0.05) is 30.1 Å². The lowest BCUT2D eigenvalue weighted by atomic mass is 10.1. The number of nitrogens with zero attached hydrogens (tertiary/aromatic N) is 1. The van der Waals surface area contributed by atoms with Crippen LogP contribution in [0.4, 0.5) is 11.4 Å². The highest BCUT2D eigenvalue weighted by Gasteiger charge is 2.32. The molecular weight excluding hydrogens is 289 g/mol. The van der Waals surface area contributed by atoms with E-state index in [1.165, 1.54) is 4.90 Å².